The molecule has 0 radical (unpaired) electrons. The van der Waals surface area contributed by atoms with Crippen LogP contribution in [0.5, 0.6) is 5.88 Å². The first-order chi connectivity index (χ1) is 6.72. The molecule has 3 nitrogen and oxygen atoms in total. The average molecular weight is 194 g/mol. The maximum Gasteiger partial charge on any atom is 0.215 e. The van der Waals surface area contributed by atoms with E-state index in [9.17, 15) is 0 Å². The van der Waals surface area contributed by atoms with Gasteiger partial charge in [0.2, 0.25) is 5.88 Å². The van der Waals surface area contributed by atoms with E-state index in [0.29, 0.717) is 11.8 Å². The largest absolute Gasteiger partial charge is 0.477 e. The van der Waals surface area contributed by atoms with Gasteiger partial charge in [-0.2, -0.15) is 5.10 Å². The van der Waals surface area contributed by atoms with Crippen LogP contribution in [0.25, 0.3) is 0 Å². The predicted octanol–water partition coefficient (Wildman–Crippen LogP) is 2.43. The van der Waals surface area contributed by atoms with Crippen molar-refractivity contribution in [3.63, 3.8) is 0 Å². The number of rotatable bonds is 2. The molecule has 0 bridgehead atoms. The molecular weight excluding hydrogens is 176 g/mol. The number of nitrogens with zero attached hydrogens (tertiary/aromatic N) is 2. The van der Waals surface area contributed by atoms with Gasteiger partial charge in [-0.25, -0.2) is 4.68 Å². The highest BCUT2D eigenvalue weighted by atomic mass is 16.5. The van der Waals surface area contributed by atoms with Gasteiger partial charge in [-0.05, 0) is 12.3 Å². The molecule has 0 spiro atoms. The summed E-state index contributed by atoms with van der Waals surface area (Å²) in [5.74, 6) is 2.11. The fraction of sp³-hybridized carbons (Fsp3) is 0.727. The van der Waals surface area contributed by atoms with E-state index < -0.39 is 0 Å². The minimum Gasteiger partial charge on any atom is -0.477 e. The quantitative estimate of drug-likeness (QED) is 0.723. The van der Waals surface area contributed by atoms with E-state index in [0.717, 1.165) is 25.5 Å². The van der Waals surface area contributed by atoms with Crippen molar-refractivity contribution in [1.29, 1.82) is 0 Å². The van der Waals surface area contributed by atoms with Crippen LogP contribution in [0.1, 0.15) is 38.7 Å². The number of fused-ring (bicyclic) bond motifs is 1. The zero-order valence-corrected chi connectivity index (χ0v) is 9.16. The van der Waals surface area contributed by atoms with Gasteiger partial charge in [-0.1, -0.05) is 20.8 Å². The molecule has 0 amide bonds. The van der Waals surface area contributed by atoms with Crippen molar-refractivity contribution in [3.8, 4) is 5.88 Å². The Bertz CT molecular complexity index is 317. The highest BCUT2D eigenvalue weighted by Gasteiger charge is 2.22. The van der Waals surface area contributed by atoms with Gasteiger partial charge in [0.15, 0.2) is 0 Å². The zero-order chi connectivity index (χ0) is 10.1. The van der Waals surface area contributed by atoms with Gasteiger partial charge in [-0.15, -0.1) is 0 Å². The minimum atomic E-state index is 0.497. The SMILES string of the molecule is CC[C@H]1COc2c(C(C)C)cnn2C1. The highest BCUT2D eigenvalue weighted by Crippen LogP contribution is 2.30. The summed E-state index contributed by atoms with van der Waals surface area (Å²) in [6.07, 6.45) is 3.11. The Labute approximate surface area is 85.1 Å². The Balaban J connectivity index is 2.25. The lowest BCUT2D eigenvalue weighted by Gasteiger charge is -2.24. The summed E-state index contributed by atoms with van der Waals surface area (Å²) < 4.78 is 7.77. The topological polar surface area (TPSA) is 27.1 Å². The van der Waals surface area contributed by atoms with E-state index in [1.807, 2.05) is 10.9 Å². The summed E-state index contributed by atoms with van der Waals surface area (Å²) >= 11 is 0. The molecule has 3 heteroatoms. The van der Waals surface area contributed by atoms with E-state index in [2.05, 4.69) is 25.9 Å². The van der Waals surface area contributed by atoms with Crippen LogP contribution >= 0.6 is 0 Å². The average Bonchev–Trinajstić information content (AvgIpc) is 2.59. The lowest BCUT2D eigenvalue weighted by atomic mass is 10.1. The molecule has 0 fully saturated rings. The monoisotopic (exact) mass is 194 g/mol. The van der Waals surface area contributed by atoms with Crippen molar-refractivity contribution in [3.05, 3.63) is 11.8 Å². The van der Waals surface area contributed by atoms with Crippen LogP contribution < -0.4 is 4.74 Å². The third-order valence-corrected chi connectivity index (χ3v) is 2.90. The highest BCUT2D eigenvalue weighted by molar-refractivity contribution is 5.28. The van der Waals surface area contributed by atoms with Gasteiger partial charge in [0.1, 0.15) is 0 Å². The molecule has 2 rings (SSSR count). The van der Waals surface area contributed by atoms with E-state index in [4.69, 9.17) is 4.74 Å². The lowest BCUT2D eigenvalue weighted by molar-refractivity contribution is 0.159. The van der Waals surface area contributed by atoms with Gasteiger partial charge in [0.25, 0.3) is 0 Å². The maximum absolute atomic E-state index is 5.76. The molecule has 78 valence electrons. The zero-order valence-electron chi connectivity index (χ0n) is 9.16. The Morgan fingerprint density at radius 2 is 2.43 bits per heavy atom. The van der Waals surface area contributed by atoms with Crippen molar-refractivity contribution in [2.45, 2.75) is 39.7 Å². The Morgan fingerprint density at radius 3 is 3.07 bits per heavy atom. The second-order valence-electron chi connectivity index (χ2n) is 4.33. The van der Waals surface area contributed by atoms with Crippen LogP contribution in [0.4, 0.5) is 0 Å². The number of hydrogen-bond acceptors (Lipinski definition) is 2. The van der Waals surface area contributed by atoms with E-state index in [1.54, 1.807) is 0 Å². The normalized spacial score (nSPS) is 20.7. The first-order valence-corrected chi connectivity index (χ1v) is 5.40. The van der Waals surface area contributed by atoms with Gasteiger partial charge in [-0.3, -0.25) is 0 Å². The smallest absolute Gasteiger partial charge is 0.215 e. The molecule has 0 unspecified atom stereocenters. The summed E-state index contributed by atoms with van der Waals surface area (Å²) in [6.45, 7) is 8.41. The van der Waals surface area contributed by atoms with Crippen LogP contribution in [0.15, 0.2) is 6.20 Å². The molecule has 1 aromatic heterocycles. The van der Waals surface area contributed by atoms with Crippen molar-refractivity contribution >= 4 is 0 Å². The van der Waals surface area contributed by atoms with Crippen LogP contribution in [0, 0.1) is 5.92 Å². The third kappa shape index (κ3) is 1.51. The van der Waals surface area contributed by atoms with Gasteiger partial charge < -0.3 is 4.74 Å². The summed E-state index contributed by atoms with van der Waals surface area (Å²) in [6, 6.07) is 0. The minimum absolute atomic E-state index is 0.497. The Hall–Kier alpha value is -0.990. The molecule has 0 saturated carbocycles. The van der Waals surface area contributed by atoms with E-state index >= 15 is 0 Å². The van der Waals surface area contributed by atoms with Crippen LogP contribution in [-0.2, 0) is 6.54 Å². The molecule has 0 aromatic carbocycles. The maximum atomic E-state index is 5.76. The summed E-state index contributed by atoms with van der Waals surface area (Å²) in [4.78, 5) is 0. The molecule has 0 saturated heterocycles. The van der Waals surface area contributed by atoms with Crippen molar-refractivity contribution in [2.24, 2.45) is 5.92 Å². The van der Waals surface area contributed by atoms with E-state index in [1.165, 1.54) is 5.56 Å². The van der Waals surface area contributed by atoms with Gasteiger partial charge in [0, 0.05) is 11.5 Å². The van der Waals surface area contributed by atoms with Crippen molar-refractivity contribution in [1.82, 2.24) is 9.78 Å². The predicted molar refractivity (Wildman–Crippen MR) is 55.6 cm³/mol. The molecule has 1 aliphatic heterocycles. The summed E-state index contributed by atoms with van der Waals surface area (Å²) in [5, 5.41) is 4.37. The number of hydrogen-bond donors (Lipinski definition) is 0. The van der Waals surface area contributed by atoms with E-state index in [-0.39, 0.29) is 0 Å². The van der Waals surface area contributed by atoms with Gasteiger partial charge in [0.05, 0.1) is 19.3 Å². The summed E-state index contributed by atoms with van der Waals surface area (Å²) in [7, 11) is 0. The van der Waals surface area contributed by atoms with Crippen LogP contribution in [0.2, 0.25) is 0 Å². The van der Waals surface area contributed by atoms with Crippen LogP contribution in [-0.4, -0.2) is 16.4 Å². The standard InChI is InChI=1S/C11H18N2O/c1-4-9-6-13-11(14-7-9)10(5-12-13)8(2)3/h5,8-9H,4,6-7H2,1-3H3/t9-/m1/s1. The lowest BCUT2D eigenvalue weighted by Crippen LogP contribution is -2.25. The second-order valence-corrected chi connectivity index (χ2v) is 4.33. The Morgan fingerprint density at radius 1 is 1.64 bits per heavy atom. The Kier molecular flexibility index (Phi) is 2.48. The number of ether oxygens (including phenoxy) is 1. The summed E-state index contributed by atoms with van der Waals surface area (Å²) in [5.41, 5.74) is 1.24. The molecule has 1 atom stereocenters. The molecule has 1 aromatic rings. The molecule has 0 aliphatic carbocycles. The molecule has 0 N–H and O–H groups in total. The first kappa shape index (κ1) is 9.56. The molecular formula is C11H18N2O. The molecule has 14 heavy (non-hydrogen) atoms. The first-order valence-electron chi connectivity index (χ1n) is 5.40. The fourth-order valence-electron chi connectivity index (χ4n) is 1.81. The number of aromatic nitrogens is 2. The van der Waals surface area contributed by atoms with Crippen molar-refractivity contribution < 1.29 is 4.74 Å². The fourth-order valence-corrected chi connectivity index (χ4v) is 1.81. The third-order valence-electron chi connectivity index (χ3n) is 2.90. The van der Waals surface area contributed by atoms with Crippen molar-refractivity contribution in [2.75, 3.05) is 6.61 Å². The molecule has 1 aliphatic rings. The molecule has 2 heterocycles. The van der Waals surface area contributed by atoms with Gasteiger partial charge >= 0.3 is 0 Å². The second kappa shape index (κ2) is 3.64. The van der Waals surface area contributed by atoms with Crippen LogP contribution in [0.3, 0.4) is 0 Å².